The molecule has 2 N–H and O–H groups in total. The molecule has 0 spiro atoms. The van der Waals surface area contributed by atoms with Crippen molar-refractivity contribution >= 4 is 11.8 Å². The minimum Gasteiger partial charge on any atom is -0.322 e. The Morgan fingerprint density at radius 2 is 1.43 bits per heavy atom. The van der Waals surface area contributed by atoms with Crippen molar-refractivity contribution in [2.75, 3.05) is 32.4 Å². The van der Waals surface area contributed by atoms with Crippen LogP contribution in [0.25, 0.3) is 0 Å². The molecule has 3 heteroatoms. The summed E-state index contributed by atoms with van der Waals surface area (Å²) in [7, 11) is 0. The number of benzene rings is 2. The van der Waals surface area contributed by atoms with Gasteiger partial charge >= 0.3 is 0 Å². The first kappa shape index (κ1) is 16.6. The summed E-state index contributed by atoms with van der Waals surface area (Å²) in [5, 5.41) is 0. The molecule has 122 valence electrons. The lowest BCUT2D eigenvalue weighted by Crippen LogP contribution is -3.27. The quantitative estimate of drug-likeness (QED) is 0.784. The zero-order valence-corrected chi connectivity index (χ0v) is 15.1. The molecule has 2 aromatic rings. The number of aryl methyl sites for hydroxylation is 1. The average molecular weight is 329 g/mol. The van der Waals surface area contributed by atoms with E-state index in [-0.39, 0.29) is 0 Å². The first-order chi connectivity index (χ1) is 11.2. The lowest BCUT2D eigenvalue weighted by atomic mass is 10.1. The summed E-state index contributed by atoms with van der Waals surface area (Å²) in [5.74, 6) is 0. The Hall–Kier alpha value is -1.29. The molecule has 1 fully saturated rings. The van der Waals surface area contributed by atoms with Crippen LogP contribution in [-0.2, 0) is 13.1 Å². The normalized spacial score (nSPS) is 21.3. The molecule has 3 rings (SSSR count). The van der Waals surface area contributed by atoms with Gasteiger partial charge in [0.1, 0.15) is 39.3 Å². The summed E-state index contributed by atoms with van der Waals surface area (Å²) < 4.78 is 0. The Balaban J connectivity index is 1.49. The molecular formula is C20H28N2S+2. The van der Waals surface area contributed by atoms with Crippen LogP contribution in [-0.4, -0.2) is 32.4 Å². The largest absolute Gasteiger partial charge is 0.322 e. The van der Waals surface area contributed by atoms with Crippen LogP contribution in [0.2, 0.25) is 0 Å². The zero-order chi connectivity index (χ0) is 16.1. The van der Waals surface area contributed by atoms with E-state index in [1.807, 2.05) is 11.8 Å². The highest BCUT2D eigenvalue weighted by molar-refractivity contribution is 7.98. The van der Waals surface area contributed by atoms with E-state index in [1.165, 1.54) is 60.9 Å². The first-order valence-corrected chi connectivity index (χ1v) is 9.81. The van der Waals surface area contributed by atoms with Crippen LogP contribution < -0.4 is 9.80 Å². The summed E-state index contributed by atoms with van der Waals surface area (Å²) in [6.07, 6.45) is 2.14. The smallest absolute Gasteiger partial charge is 0.127 e. The highest BCUT2D eigenvalue weighted by Gasteiger charge is 2.23. The summed E-state index contributed by atoms with van der Waals surface area (Å²) in [6, 6.07) is 17.9. The van der Waals surface area contributed by atoms with Gasteiger partial charge in [0.2, 0.25) is 0 Å². The molecule has 0 amide bonds. The van der Waals surface area contributed by atoms with E-state index in [0.29, 0.717) is 0 Å². The molecule has 23 heavy (non-hydrogen) atoms. The molecule has 1 aliphatic heterocycles. The summed E-state index contributed by atoms with van der Waals surface area (Å²) in [5.41, 5.74) is 4.42. The van der Waals surface area contributed by atoms with E-state index in [9.17, 15) is 0 Å². The van der Waals surface area contributed by atoms with Crippen molar-refractivity contribution in [3.8, 4) is 0 Å². The summed E-state index contributed by atoms with van der Waals surface area (Å²) in [4.78, 5) is 4.83. The molecule has 0 radical (unpaired) electrons. The van der Waals surface area contributed by atoms with E-state index in [0.717, 1.165) is 0 Å². The van der Waals surface area contributed by atoms with Crippen LogP contribution in [0.5, 0.6) is 0 Å². The van der Waals surface area contributed by atoms with Crippen molar-refractivity contribution in [2.45, 2.75) is 24.9 Å². The molecule has 0 saturated carbocycles. The standard InChI is InChI=1S/C20H26N2S/c1-17-5-3-4-6-19(17)16-22-13-11-21(12-14-22)15-18-7-9-20(23-2)10-8-18/h3-10H,11-16H2,1-2H3/p+2. The van der Waals surface area contributed by atoms with E-state index in [2.05, 4.69) is 61.7 Å². The van der Waals surface area contributed by atoms with Crippen molar-refractivity contribution in [3.63, 3.8) is 0 Å². The molecule has 0 atom stereocenters. The van der Waals surface area contributed by atoms with Crippen LogP contribution in [0.4, 0.5) is 0 Å². The fourth-order valence-electron chi connectivity index (χ4n) is 3.42. The molecule has 1 heterocycles. The monoisotopic (exact) mass is 328 g/mol. The topological polar surface area (TPSA) is 8.88 Å². The van der Waals surface area contributed by atoms with Gasteiger partial charge in [-0.05, 0) is 30.9 Å². The van der Waals surface area contributed by atoms with Gasteiger partial charge in [-0.15, -0.1) is 11.8 Å². The second kappa shape index (κ2) is 8.00. The van der Waals surface area contributed by atoms with Crippen LogP contribution in [0.3, 0.4) is 0 Å². The summed E-state index contributed by atoms with van der Waals surface area (Å²) in [6.45, 7) is 9.72. The van der Waals surface area contributed by atoms with Crippen molar-refractivity contribution in [3.05, 3.63) is 65.2 Å². The van der Waals surface area contributed by atoms with E-state index in [1.54, 1.807) is 9.80 Å². The maximum Gasteiger partial charge on any atom is 0.127 e. The number of rotatable bonds is 5. The van der Waals surface area contributed by atoms with Gasteiger partial charge in [-0.25, -0.2) is 0 Å². The van der Waals surface area contributed by atoms with Crippen LogP contribution in [0, 0.1) is 6.92 Å². The predicted molar refractivity (Wildman–Crippen MR) is 98.2 cm³/mol. The second-order valence-corrected chi connectivity index (χ2v) is 7.51. The fraction of sp³-hybridized carbons (Fsp3) is 0.400. The Kier molecular flexibility index (Phi) is 5.76. The number of hydrogen-bond donors (Lipinski definition) is 2. The number of piperazine rings is 1. The van der Waals surface area contributed by atoms with Gasteiger partial charge in [0.05, 0.1) is 0 Å². The Bertz CT molecular complexity index is 616. The molecular weight excluding hydrogens is 300 g/mol. The maximum atomic E-state index is 2.30. The van der Waals surface area contributed by atoms with Crippen LogP contribution >= 0.6 is 11.8 Å². The highest BCUT2D eigenvalue weighted by Crippen LogP contribution is 2.14. The van der Waals surface area contributed by atoms with Crippen LogP contribution in [0.15, 0.2) is 53.4 Å². The minimum absolute atomic E-state index is 1.17. The molecule has 0 aromatic heterocycles. The predicted octanol–water partition coefficient (Wildman–Crippen LogP) is 1.20. The van der Waals surface area contributed by atoms with E-state index in [4.69, 9.17) is 0 Å². The number of thioether (sulfide) groups is 1. The Morgan fingerprint density at radius 3 is 2.04 bits per heavy atom. The molecule has 0 aliphatic carbocycles. The second-order valence-electron chi connectivity index (χ2n) is 6.63. The third-order valence-electron chi connectivity index (χ3n) is 4.98. The number of nitrogens with one attached hydrogen (secondary N) is 2. The third kappa shape index (κ3) is 4.60. The minimum atomic E-state index is 1.17. The first-order valence-electron chi connectivity index (χ1n) is 8.59. The van der Waals surface area contributed by atoms with Crippen LogP contribution in [0.1, 0.15) is 16.7 Å². The van der Waals surface area contributed by atoms with Crippen molar-refractivity contribution in [1.29, 1.82) is 0 Å². The van der Waals surface area contributed by atoms with Gasteiger partial charge in [-0.3, -0.25) is 0 Å². The highest BCUT2D eigenvalue weighted by atomic mass is 32.2. The van der Waals surface area contributed by atoms with Gasteiger partial charge in [-0.1, -0.05) is 36.4 Å². The number of hydrogen-bond acceptors (Lipinski definition) is 1. The lowest BCUT2D eigenvalue weighted by molar-refractivity contribution is -1.02. The molecule has 0 bridgehead atoms. The van der Waals surface area contributed by atoms with Crippen molar-refractivity contribution < 1.29 is 9.80 Å². The molecule has 2 nitrogen and oxygen atoms in total. The molecule has 1 aliphatic rings. The molecule has 1 saturated heterocycles. The number of quaternary nitrogens is 2. The third-order valence-corrected chi connectivity index (χ3v) is 5.72. The van der Waals surface area contributed by atoms with Gasteiger partial charge in [0.15, 0.2) is 0 Å². The van der Waals surface area contributed by atoms with Gasteiger partial charge in [0.25, 0.3) is 0 Å². The average Bonchev–Trinajstić information content (AvgIpc) is 2.59. The maximum absolute atomic E-state index is 2.30. The van der Waals surface area contributed by atoms with Gasteiger partial charge in [0, 0.05) is 16.0 Å². The lowest BCUT2D eigenvalue weighted by Gasteiger charge is -2.30. The summed E-state index contributed by atoms with van der Waals surface area (Å²) >= 11 is 1.82. The van der Waals surface area contributed by atoms with E-state index >= 15 is 0 Å². The Morgan fingerprint density at radius 1 is 0.826 bits per heavy atom. The Labute approximate surface area is 144 Å². The fourth-order valence-corrected chi connectivity index (χ4v) is 3.83. The van der Waals surface area contributed by atoms with Gasteiger partial charge < -0.3 is 9.80 Å². The molecule has 0 unspecified atom stereocenters. The van der Waals surface area contributed by atoms with E-state index < -0.39 is 0 Å². The van der Waals surface area contributed by atoms with Gasteiger partial charge in [-0.2, -0.15) is 0 Å². The zero-order valence-electron chi connectivity index (χ0n) is 14.3. The van der Waals surface area contributed by atoms with Crippen molar-refractivity contribution in [2.24, 2.45) is 0 Å². The van der Waals surface area contributed by atoms with Crippen molar-refractivity contribution in [1.82, 2.24) is 0 Å². The SMILES string of the molecule is CSc1ccc(C[NH+]2CC[NH+](Cc3ccccc3C)CC2)cc1. The molecule has 2 aromatic carbocycles.